The summed E-state index contributed by atoms with van der Waals surface area (Å²) < 4.78 is 13.7. The zero-order valence-corrected chi connectivity index (χ0v) is 12.4. The Morgan fingerprint density at radius 1 is 1.35 bits per heavy atom. The number of para-hydroxylation sites is 1. The SMILES string of the molecule is CNc1c(F)cccc1C(=O)NC1CCCCC1(C)C. The number of nitrogens with one attached hydrogen (secondary N) is 2. The van der Waals surface area contributed by atoms with E-state index in [9.17, 15) is 9.18 Å². The first-order chi connectivity index (χ1) is 9.45. The molecule has 1 aliphatic carbocycles. The molecule has 110 valence electrons. The minimum Gasteiger partial charge on any atom is -0.385 e. The van der Waals surface area contributed by atoms with Crippen molar-refractivity contribution in [2.45, 2.75) is 45.6 Å². The molecule has 2 N–H and O–H groups in total. The molecule has 1 aliphatic rings. The van der Waals surface area contributed by atoms with E-state index in [1.807, 2.05) is 0 Å². The van der Waals surface area contributed by atoms with Gasteiger partial charge in [0, 0.05) is 13.1 Å². The minimum atomic E-state index is -0.400. The van der Waals surface area contributed by atoms with Gasteiger partial charge in [0.2, 0.25) is 0 Å². The van der Waals surface area contributed by atoms with Crippen LogP contribution in [-0.2, 0) is 0 Å². The molecule has 1 aromatic carbocycles. The lowest BCUT2D eigenvalue weighted by molar-refractivity contribution is 0.0854. The number of halogens is 1. The van der Waals surface area contributed by atoms with Gasteiger partial charge in [0.15, 0.2) is 0 Å². The molecule has 4 heteroatoms. The predicted octanol–water partition coefficient (Wildman–Crippen LogP) is 3.57. The Hall–Kier alpha value is -1.58. The van der Waals surface area contributed by atoms with Gasteiger partial charge in [-0.3, -0.25) is 4.79 Å². The molecule has 0 spiro atoms. The van der Waals surface area contributed by atoms with Crippen LogP contribution >= 0.6 is 0 Å². The number of hydrogen-bond donors (Lipinski definition) is 2. The highest BCUT2D eigenvalue weighted by Gasteiger charge is 2.33. The van der Waals surface area contributed by atoms with Crippen LogP contribution in [0.4, 0.5) is 10.1 Å². The number of carbonyl (C=O) groups excluding carboxylic acids is 1. The van der Waals surface area contributed by atoms with Crippen molar-refractivity contribution < 1.29 is 9.18 Å². The van der Waals surface area contributed by atoms with Crippen molar-refractivity contribution in [2.24, 2.45) is 5.41 Å². The molecule has 20 heavy (non-hydrogen) atoms. The fraction of sp³-hybridized carbons (Fsp3) is 0.562. The first-order valence-electron chi connectivity index (χ1n) is 7.23. The number of anilines is 1. The van der Waals surface area contributed by atoms with E-state index in [2.05, 4.69) is 24.5 Å². The van der Waals surface area contributed by atoms with Gasteiger partial charge < -0.3 is 10.6 Å². The van der Waals surface area contributed by atoms with E-state index in [0.717, 1.165) is 19.3 Å². The molecule has 1 saturated carbocycles. The van der Waals surface area contributed by atoms with Crippen LogP contribution in [0.1, 0.15) is 49.9 Å². The molecule has 3 nitrogen and oxygen atoms in total. The summed E-state index contributed by atoms with van der Waals surface area (Å²) in [4.78, 5) is 12.4. The first kappa shape index (κ1) is 14.8. The molecular weight excluding hydrogens is 255 g/mol. The van der Waals surface area contributed by atoms with Gasteiger partial charge in [0.1, 0.15) is 5.82 Å². The molecule has 0 saturated heterocycles. The van der Waals surface area contributed by atoms with E-state index >= 15 is 0 Å². The zero-order chi connectivity index (χ0) is 14.8. The van der Waals surface area contributed by atoms with Crippen LogP contribution in [0.2, 0.25) is 0 Å². The highest BCUT2D eigenvalue weighted by molar-refractivity contribution is 5.99. The molecule has 1 atom stereocenters. The maximum absolute atomic E-state index is 13.7. The molecule has 0 aliphatic heterocycles. The highest BCUT2D eigenvalue weighted by atomic mass is 19.1. The second-order valence-corrected chi connectivity index (χ2v) is 6.17. The van der Waals surface area contributed by atoms with Crippen LogP contribution in [-0.4, -0.2) is 19.0 Å². The van der Waals surface area contributed by atoms with Crippen molar-refractivity contribution in [2.75, 3.05) is 12.4 Å². The van der Waals surface area contributed by atoms with Gasteiger partial charge in [-0.2, -0.15) is 0 Å². The third kappa shape index (κ3) is 2.94. The van der Waals surface area contributed by atoms with E-state index in [1.165, 1.54) is 12.5 Å². The first-order valence-corrected chi connectivity index (χ1v) is 7.23. The summed E-state index contributed by atoms with van der Waals surface area (Å²) in [5, 5.41) is 5.85. The second-order valence-electron chi connectivity index (χ2n) is 6.17. The van der Waals surface area contributed by atoms with Crippen LogP contribution < -0.4 is 10.6 Å². The fourth-order valence-electron chi connectivity index (χ4n) is 2.97. The average Bonchev–Trinajstić information content (AvgIpc) is 2.40. The van der Waals surface area contributed by atoms with Crippen molar-refractivity contribution >= 4 is 11.6 Å². The van der Waals surface area contributed by atoms with E-state index in [4.69, 9.17) is 0 Å². The van der Waals surface area contributed by atoms with Gasteiger partial charge in [-0.05, 0) is 30.4 Å². The summed E-state index contributed by atoms with van der Waals surface area (Å²) in [7, 11) is 1.62. The van der Waals surface area contributed by atoms with Crippen molar-refractivity contribution in [1.82, 2.24) is 5.32 Å². The van der Waals surface area contributed by atoms with E-state index in [1.54, 1.807) is 19.2 Å². The molecule has 0 radical (unpaired) electrons. The largest absolute Gasteiger partial charge is 0.385 e. The van der Waals surface area contributed by atoms with E-state index in [-0.39, 0.29) is 23.1 Å². The Bertz CT molecular complexity index is 499. The van der Waals surface area contributed by atoms with Gasteiger partial charge >= 0.3 is 0 Å². The number of carbonyl (C=O) groups is 1. The molecule has 1 unspecified atom stereocenters. The zero-order valence-electron chi connectivity index (χ0n) is 12.4. The molecule has 2 rings (SSSR count). The van der Waals surface area contributed by atoms with E-state index in [0.29, 0.717) is 5.56 Å². The van der Waals surface area contributed by atoms with Gasteiger partial charge in [0.05, 0.1) is 11.3 Å². The lowest BCUT2D eigenvalue weighted by Crippen LogP contribution is -2.46. The fourth-order valence-corrected chi connectivity index (χ4v) is 2.97. The summed E-state index contributed by atoms with van der Waals surface area (Å²) in [6.07, 6.45) is 4.44. The Morgan fingerprint density at radius 3 is 2.75 bits per heavy atom. The predicted molar refractivity (Wildman–Crippen MR) is 79.4 cm³/mol. The topological polar surface area (TPSA) is 41.1 Å². The van der Waals surface area contributed by atoms with Crippen molar-refractivity contribution in [3.63, 3.8) is 0 Å². The summed E-state index contributed by atoms with van der Waals surface area (Å²) in [5.74, 6) is -0.600. The van der Waals surface area contributed by atoms with Gasteiger partial charge in [-0.1, -0.05) is 32.8 Å². The third-order valence-corrected chi connectivity index (χ3v) is 4.32. The van der Waals surface area contributed by atoms with Crippen LogP contribution in [0.5, 0.6) is 0 Å². The van der Waals surface area contributed by atoms with E-state index < -0.39 is 5.82 Å². The van der Waals surface area contributed by atoms with Crippen LogP contribution in [0, 0.1) is 11.2 Å². The number of rotatable bonds is 3. The van der Waals surface area contributed by atoms with Gasteiger partial charge in [-0.15, -0.1) is 0 Å². The Kier molecular flexibility index (Phi) is 4.31. The molecule has 0 heterocycles. The monoisotopic (exact) mass is 278 g/mol. The maximum Gasteiger partial charge on any atom is 0.253 e. The summed E-state index contributed by atoms with van der Waals surface area (Å²) in [5.41, 5.74) is 0.730. The Morgan fingerprint density at radius 2 is 2.10 bits per heavy atom. The van der Waals surface area contributed by atoms with Crippen molar-refractivity contribution in [3.05, 3.63) is 29.6 Å². The Labute approximate surface area is 120 Å². The molecule has 1 aromatic rings. The third-order valence-electron chi connectivity index (χ3n) is 4.32. The molecular formula is C16H23FN2O. The average molecular weight is 278 g/mol. The van der Waals surface area contributed by atoms with Crippen molar-refractivity contribution in [1.29, 1.82) is 0 Å². The van der Waals surface area contributed by atoms with Crippen LogP contribution in [0.25, 0.3) is 0 Å². The van der Waals surface area contributed by atoms with Crippen molar-refractivity contribution in [3.8, 4) is 0 Å². The minimum absolute atomic E-state index is 0.0983. The van der Waals surface area contributed by atoms with Gasteiger partial charge in [0.25, 0.3) is 5.91 Å². The highest BCUT2D eigenvalue weighted by Crippen LogP contribution is 2.35. The van der Waals surface area contributed by atoms with Crippen LogP contribution in [0.15, 0.2) is 18.2 Å². The molecule has 0 aromatic heterocycles. The molecule has 0 bridgehead atoms. The quantitative estimate of drug-likeness (QED) is 0.887. The van der Waals surface area contributed by atoms with Gasteiger partial charge in [-0.25, -0.2) is 4.39 Å². The lowest BCUT2D eigenvalue weighted by atomic mass is 9.73. The number of benzene rings is 1. The standard InChI is InChI=1S/C16H23FN2O/c1-16(2)10-5-4-9-13(16)19-15(20)11-7-6-8-12(17)14(11)18-3/h6-8,13,18H,4-5,9-10H2,1-3H3,(H,19,20). The number of amides is 1. The molecule has 1 amide bonds. The lowest BCUT2D eigenvalue weighted by Gasteiger charge is -2.39. The Balaban J connectivity index is 2.18. The normalized spacial score (nSPS) is 21.3. The summed E-state index contributed by atoms with van der Waals surface area (Å²) in [6.45, 7) is 4.36. The number of hydrogen-bond acceptors (Lipinski definition) is 2. The summed E-state index contributed by atoms with van der Waals surface area (Å²) >= 11 is 0. The maximum atomic E-state index is 13.7. The smallest absolute Gasteiger partial charge is 0.253 e. The van der Waals surface area contributed by atoms with Crippen LogP contribution in [0.3, 0.4) is 0 Å². The molecule has 1 fully saturated rings. The summed E-state index contributed by atoms with van der Waals surface area (Å²) in [6, 6.07) is 4.72. The second kappa shape index (κ2) is 5.81.